The van der Waals surface area contributed by atoms with Crippen molar-refractivity contribution in [1.29, 1.82) is 0 Å². The van der Waals surface area contributed by atoms with Gasteiger partial charge in [-0.1, -0.05) is 23.9 Å². The molecule has 0 aromatic heterocycles. The van der Waals surface area contributed by atoms with Crippen LogP contribution in [0.15, 0.2) is 23.9 Å². The van der Waals surface area contributed by atoms with Crippen LogP contribution in [0.1, 0.15) is 19.8 Å². The lowest BCUT2D eigenvalue weighted by Gasteiger charge is -2.20. The average molecular weight is 227 g/mol. The van der Waals surface area contributed by atoms with E-state index >= 15 is 0 Å². The molecule has 0 aliphatic heterocycles. The topological polar surface area (TPSA) is 9.23 Å². The lowest BCUT2D eigenvalue weighted by Crippen LogP contribution is -2.32. The monoisotopic (exact) mass is 227 g/mol. The van der Waals surface area contributed by atoms with Gasteiger partial charge in [0.25, 0.3) is 0 Å². The maximum Gasteiger partial charge on any atom is 0.223 e. The molecule has 0 spiro atoms. The van der Waals surface area contributed by atoms with Crippen molar-refractivity contribution in [2.24, 2.45) is 0 Å². The van der Waals surface area contributed by atoms with Crippen LogP contribution in [0.25, 0.3) is 0 Å². The lowest BCUT2D eigenvalue weighted by molar-refractivity contribution is 0.587. The molecule has 0 aliphatic rings. The first-order valence-corrected chi connectivity index (χ1v) is 10.7. The summed E-state index contributed by atoms with van der Waals surface area (Å²) < 4.78 is 5.98. The SMILES string of the molecule is C/C=C/CC/C=C/[Si](C)O[Si](C)(C)C. The summed E-state index contributed by atoms with van der Waals surface area (Å²) in [4.78, 5) is 0. The van der Waals surface area contributed by atoms with Crippen LogP contribution in [0.4, 0.5) is 0 Å². The van der Waals surface area contributed by atoms with Gasteiger partial charge in [-0.3, -0.25) is 0 Å². The molecule has 0 N–H and O–H groups in total. The Labute approximate surface area is 91.7 Å². The Kier molecular flexibility index (Phi) is 7.14. The summed E-state index contributed by atoms with van der Waals surface area (Å²) >= 11 is 0. The van der Waals surface area contributed by atoms with Crippen molar-refractivity contribution >= 4 is 17.4 Å². The van der Waals surface area contributed by atoms with Gasteiger partial charge >= 0.3 is 0 Å². The zero-order valence-electron chi connectivity index (χ0n) is 10.1. The minimum atomic E-state index is -1.32. The van der Waals surface area contributed by atoms with Crippen molar-refractivity contribution in [3.63, 3.8) is 0 Å². The molecule has 0 heterocycles. The van der Waals surface area contributed by atoms with E-state index in [-0.39, 0.29) is 0 Å². The Morgan fingerprint density at radius 1 is 1.14 bits per heavy atom. The summed E-state index contributed by atoms with van der Waals surface area (Å²) in [6.45, 7) is 11.0. The fourth-order valence-electron chi connectivity index (χ4n) is 1.13. The van der Waals surface area contributed by atoms with Gasteiger partial charge in [0.15, 0.2) is 8.32 Å². The highest BCUT2D eigenvalue weighted by Crippen LogP contribution is 2.06. The number of hydrogen-bond donors (Lipinski definition) is 0. The highest BCUT2D eigenvalue weighted by atomic mass is 28.4. The third-order valence-electron chi connectivity index (χ3n) is 1.56. The summed E-state index contributed by atoms with van der Waals surface area (Å²) in [5, 5.41) is 0. The van der Waals surface area contributed by atoms with Gasteiger partial charge < -0.3 is 4.12 Å². The van der Waals surface area contributed by atoms with Crippen LogP contribution in [0.2, 0.25) is 26.2 Å². The predicted molar refractivity (Wildman–Crippen MR) is 69.2 cm³/mol. The molecule has 0 saturated carbocycles. The molecule has 0 aliphatic carbocycles. The average Bonchev–Trinajstić information content (AvgIpc) is 2.00. The summed E-state index contributed by atoms with van der Waals surface area (Å²) in [6, 6.07) is 0. The molecule has 0 aromatic carbocycles. The zero-order chi connectivity index (χ0) is 11.0. The maximum atomic E-state index is 5.98. The van der Waals surface area contributed by atoms with Crippen molar-refractivity contribution in [2.45, 2.75) is 46.0 Å². The summed E-state index contributed by atoms with van der Waals surface area (Å²) in [6.07, 6.45) is 8.85. The van der Waals surface area contributed by atoms with Gasteiger partial charge in [0, 0.05) is 0 Å². The first-order chi connectivity index (χ1) is 6.45. The van der Waals surface area contributed by atoms with Crippen LogP contribution >= 0.6 is 0 Å². The minimum Gasteiger partial charge on any atom is -0.453 e. The zero-order valence-corrected chi connectivity index (χ0v) is 12.1. The molecule has 0 rings (SSSR count). The largest absolute Gasteiger partial charge is 0.453 e. The Bertz CT molecular complexity index is 192. The Balaban J connectivity index is 3.66. The standard InChI is InChI=1S/C11H23OSi2/c1-6-7-8-9-10-11-13(2)12-14(3,4)5/h6-7,10-11H,8-9H2,1-5H3/b7-6+,11-10+. The van der Waals surface area contributed by atoms with Crippen molar-refractivity contribution in [2.75, 3.05) is 0 Å². The van der Waals surface area contributed by atoms with E-state index in [1.54, 1.807) is 0 Å². The van der Waals surface area contributed by atoms with Gasteiger partial charge in [-0.2, -0.15) is 0 Å². The highest BCUT2D eigenvalue weighted by Gasteiger charge is 2.17. The molecule has 0 amide bonds. The summed E-state index contributed by atoms with van der Waals surface area (Å²) in [5.41, 5.74) is 2.27. The van der Waals surface area contributed by atoms with Crippen molar-refractivity contribution < 1.29 is 4.12 Å². The van der Waals surface area contributed by atoms with Gasteiger partial charge in [-0.15, -0.1) is 0 Å². The molecule has 1 nitrogen and oxygen atoms in total. The van der Waals surface area contributed by atoms with Gasteiger partial charge in [0.1, 0.15) is 0 Å². The molecule has 14 heavy (non-hydrogen) atoms. The van der Waals surface area contributed by atoms with E-state index in [0.717, 1.165) is 12.8 Å². The molecule has 0 saturated heterocycles. The Morgan fingerprint density at radius 3 is 2.21 bits per heavy atom. The van der Waals surface area contributed by atoms with Crippen LogP contribution in [0, 0.1) is 0 Å². The number of allylic oxidation sites excluding steroid dienone is 3. The van der Waals surface area contributed by atoms with Gasteiger partial charge in [0.2, 0.25) is 9.04 Å². The van der Waals surface area contributed by atoms with Crippen molar-refractivity contribution in [3.8, 4) is 0 Å². The van der Waals surface area contributed by atoms with Crippen LogP contribution in [0.3, 0.4) is 0 Å². The molecule has 0 fully saturated rings. The van der Waals surface area contributed by atoms with Crippen molar-refractivity contribution in [3.05, 3.63) is 23.9 Å². The Morgan fingerprint density at radius 2 is 1.71 bits per heavy atom. The number of rotatable bonds is 6. The lowest BCUT2D eigenvalue weighted by atomic mass is 10.3. The number of unbranched alkanes of at least 4 members (excludes halogenated alkanes) is 1. The van der Waals surface area contributed by atoms with E-state index in [1.165, 1.54) is 0 Å². The predicted octanol–water partition coefficient (Wildman–Crippen LogP) is 3.91. The maximum absolute atomic E-state index is 5.98. The number of hydrogen-bond acceptors (Lipinski definition) is 1. The van der Waals surface area contributed by atoms with Crippen LogP contribution in [-0.4, -0.2) is 17.4 Å². The minimum absolute atomic E-state index is 0.677. The third kappa shape index (κ3) is 9.96. The van der Waals surface area contributed by atoms with E-state index in [1.807, 2.05) is 0 Å². The fraction of sp³-hybridized carbons (Fsp3) is 0.636. The van der Waals surface area contributed by atoms with E-state index in [0.29, 0.717) is 0 Å². The Hall–Kier alpha value is -0.126. The van der Waals surface area contributed by atoms with Crippen LogP contribution in [-0.2, 0) is 4.12 Å². The highest BCUT2D eigenvalue weighted by molar-refractivity contribution is 6.78. The fourth-order valence-corrected chi connectivity index (χ4v) is 5.76. The first-order valence-electron chi connectivity index (χ1n) is 5.26. The van der Waals surface area contributed by atoms with Gasteiger partial charge in [-0.05, 0) is 46.0 Å². The second-order valence-electron chi connectivity index (χ2n) is 4.37. The molecule has 0 atom stereocenters. The molecule has 3 heteroatoms. The van der Waals surface area contributed by atoms with E-state index in [2.05, 4.69) is 57.0 Å². The smallest absolute Gasteiger partial charge is 0.223 e. The molecule has 1 radical (unpaired) electrons. The summed E-state index contributed by atoms with van der Waals surface area (Å²) in [5.74, 6) is 0. The summed E-state index contributed by atoms with van der Waals surface area (Å²) in [7, 11) is -1.99. The van der Waals surface area contributed by atoms with E-state index in [4.69, 9.17) is 4.12 Å². The molecule has 0 bridgehead atoms. The second-order valence-corrected chi connectivity index (χ2v) is 11.0. The molecule has 0 unspecified atom stereocenters. The van der Waals surface area contributed by atoms with E-state index in [9.17, 15) is 0 Å². The second kappa shape index (κ2) is 7.20. The molecular weight excluding hydrogens is 204 g/mol. The van der Waals surface area contributed by atoms with Crippen molar-refractivity contribution in [1.82, 2.24) is 0 Å². The third-order valence-corrected chi connectivity index (χ3v) is 6.00. The molecule has 81 valence electrons. The molecule has 0 aromatic rings. The molecular formula is C11H23OSi2. The van der Waals surface area contributed by atoms with E-state index < -0.39 is 17.4 Å². The van der Waals surface area contributed by atoms with Gasteiger partial charge in [0.05, 0.1) is 0 Å². The van der Waals surface area contributed by atoms with Gasteiger partial charge in [-0.25, -0.2) is 0 Å². The quantitative estimate of drug-likeness (QED) is 0.380. The van der Waals surface area contributed by atoms with Crippen LogP contribution < -0.4 is 0 Å². The normalized spacial score (nSPS) is 13.6. The van der Waals surface area contributed by atoms with Crippen LogP contribution in [0.5, 0.6) is 0 Å². The first kappa shape index (κ1) is 13.9.